The van der Waals surface area contributed by atoms with Gasteiger partial charge in [0.25, 0.3) is 0 Å². The lowest BCUT2D eigenvalue weighted by Crippen LogP contribution is -2.56. The molecular weight excluding hydrogens is 222 g/mol. The molecule has 2 heteroatoms. The molecule has 0 heterocycles. The number of rotatable bonds is 2. The van der Waals surface area contributed by atoms with Crippen molar-refractivity contribution in [2.45, 2.75) is 67.1 Å². The van der Waals surface area contributed by atoms with Crippen LogP contribution in [0.15, 0.2) is 21.9 Å². The molecule has 0 unspecified atom stereocenters. The lowest BCUT2D eigenvalue weighted by molar-refractivity contribution is 0.514. The van der Waals surface area contributed by atoms with Gasteiger partial charge in [0.15, 0.2) is 0 Å². The fraction of sp³-hybridized carbons (Fsp3) is 0.667. The summed E-state index contributed by atoms with van der Waals surface area (Å²) in [5.41, 5.74) is 4.66. The predicted molar refractivity (Wildman–Crippen MR) is 80.4 cm³/mol. The molecule has 97 valence electrons. The zero-order chi connectivity index (χ0) is 13.6. The SMILES string of the molecule is C[C]1C(C)=C(C)C(C)=C1[Si](C)(C)NC(C)(C)C. The molecule has 0 spiro atoms. The first-order chi connectivity index (χ1) is 7.47. The van der Waals surface area contributed by atoms with Crippen LogP contribution in [-0.2, 0) is 0 Å². The summed E-state index contributed by atoms with van der Waals surface area (Å²) in [4.78, 5) is 3.87. The van der Waals surface area contributed by atoms with E-state index in [1.54, 1.807) is 5.20 Å². The van der Waals surface area contributed by atoms with E-state index in [-0.39, 0.29) is 5.54 Å². The summed E-state index contributed by atoms with van der Waals surface area (Å²) < 4.78 is 0. The first-order valence-corrected chi connectivity index (χ1v) is 9.50. The van der Waals surface area contributed by atoms with Crippen LogP contribution in [0.5, 0.6) is 0 Å². The van der Waals surface area contributed by atoms with Gasteiger partial charge in [-0.2, -0.15) is 0 Å². The van der Waals surface area contributed by atoms with E-state index in [0.717, 1.165) is 0 Å². The van der Waals surface area contributed by atoms with Gasteiger partial charge < -0.3 is 4.98 Å². The molecule has 0 fully saturated rings. The molecule has 0 atom stereocenters. The molecule has 0 saturated heterocycles. The normalized spacial score (nSPS) is 19.6. The van der Waals surface area contributed by atoms with E-state index >= 15 is 0 Å². The topological polar surface area (TPSA) is 12.0 Å². The van der Waals surface area contributed by atoms with Gasteiger partial charge in [-0.3, -0.25) is 0 Å². The molecule has 1 rings (SSSR count). The second-order valence-corrected chi connectivity index (χ2v) is 10.9. The van der Waals surface area contributed by atoms with Crippen molar-refractivity contribution in [3.05, 3.63) is 27.8 Å². The van der Waals surface area contributed by atoms with Crippen LogP contribution < -0.4 is 4.98 Å². The Hall–Kier alpha value is -0.343. The maximum atomic E-state index is 3.87. The number of hydrogen-bond donors (Lipinski definition) is 1. The highest BCUT2D eigenvalue weighted by molar-refractivity contribution is 6.83. The first kappa shape index (κ1) is 14.7. The van der Waals surface area contributed by atoms with E-state index in [0.29, 0.717) is 0 Å². The third kappa shape index (κ3) is 2.91. The quantitative estimate of drug-likeness (QED) is 0.717. The maximum Gasteiger partial charge on any atom is 0.149 e. The van der Waals surface area contributed by atoms with Gasteiger partial charge in [-0.1, -0.05) is 36.4 Å². The van der Waals surface area contributed by atoms with Gasteiger partial charge in [-0.25, -0.2) is 0 Å². The molecule has 0 saturated carbocycles. The number of nitrogens with one attached hydrogen (secondary N) is 1. The van der Waals surface area contributed by atoms with Gasteiger partial charge in [0, 0.05) is 11.5 Å². The highest BCUT2D eigenvalue weighted by atomic mass is 28.3. The van der Waals surface area contributed by atoms with Crippen molar-refractivity contribution in [2.75, 3.05) is 0 Å². The predicted octanol–water partition coefficient (Wildman–Crippen LogP) is 4.38. The Morgan fingerprint density at radius 3 is 1.59 bits per heavy atom. The van der Waals surface area contributed by atoms with E-state index < -0.39 is 8.24 Å². The van der Waals surface area contributed by atoms with Crippen LogP contribution in [-0.4, -0.2) is 13.8 Å². The number of allylic oxidation sites excluding steroid dienone is 4. The van der Waals surface area contributed by atoms with E-state index in [1.807, 2.05) is 0 Å². The molecule has 1 radical (unpaired) electrons. The smallest absolute Gasteiger partial charge is 0.149 e. The summed E-state index contributed by atoms with van der Waals surface area (Å²) in [6.45, 7) is 20.7. The molecule has 1 aliphatic carbocycles. The van der Waals surface area contributed by atoms with Crippen molar-refractivity contribution >= 4 is 8.24 Å². The minimum atomic E-state index is -1.56. The standard InChI is InChI=1S/C15H28NSi/c1-10-11(2)13(4)14(12(10)3)17(8,9)16-15(5,6)7/h16H,1-9H3. The molecule has 1 aliphatic rings. The Bertz CT molecular complexity index is 380. The fourth-order valence-electron chi connectivity index (χ4n) is 3.16. The minimum Gasteiger partial charge on any atom is -0.329 e. The molecule has 1 N–H and O–H groups in total. The van der Waals surface area contributed by atoms with Crippen molar-refractivity contribution in [3.8, 4) is 0 Å². The van der Waals surface area contributed by atoms with Crippen molar-refractivity contribution in [3.63, 3.8) is 0 Å². The fourth-order valence-corrected chi connectivity index (χ4v) is 7.41. The molecule has 17 heavy (non-hydrogen) atoms. The van der Waals surface area contributed by atoms with Crippen LogP contribution >= 0.6 is 0 Å². The largest absolute Gasteiger partial charge is 0.329 e. The van der Waals surface area contributed by atoms with Crippen LogP contribution in [0.2, 0.25) is 13.1 Å². The second-order valence-electron chi connectivity index (χ2n) is 6.88. The second kappa shape index (κ2) is 4.40. The van der Waals surface area contributed by atoms with Crippen LogP contribution in [0.4, 0.5) is 0 Å². The van der Waals surface area contributed by atoms with Crippen LogP contribution in [0.25, 0.3) is 0 Å². The van der Waals surface area contributed by atoms with Gasteiger partial charge in [0.05, 0.1) is 0 Å². The Kier molecular flexibility index (Phi) is 3.81. The monoisotopic (exact) mass is 250 g/mol. The molecule has 0 amide bonds. The summed E-state index contributed by atoms with van der Waals surface area (Å²) in [6.07, 6.45) is 0. The Balaban J connectivity index is 3.11. The Labute approximate surface area is 108 Å². The van der Waals surface area contributed by atoms with E-state index in [9.17, 15) is 0 Å². The number of hydrogen-bond acceptors (Lipinski definition) is 1. The lowest BCUT2D eigenvalue weighted by Gasteiger charge is -2.36. The zero-order valence-electron chi connectivity index (χ0n) is 13.0. The molecule has 0 aromatic carbocycles. The highest BCUT2D eigenvalue weighted by Gasteiger charge is 2.38. The Morgan fingerprint density at radius 1 is 0.824 bits per heavy atom. The maximum absolute atomic E-state index is 3.87. The van der Waals surface area contributed by atoms with Crippen molar-refractivity contribution in [2.24, 2.45) is 0 Å². The van der Waals surface area contributed by atoms with E-state index in [2.05, 4.69) is 66.5 Å². The molecule has 0 aromatic heterocycles. The molecule has 1 nitrogen and oxygen atoms in total. The van der Waals surface area contributed by atoms with Crippen molar-refractivity contribution < 1.29 is 0 Å². The van der Waals surface area contributed by atoms with E-state index in [1.165, 1.54) is 22.6 Å². The lowest BCUT2D eigenvalue weighted by atomic mass is 10.1. The molecule has 0 bridgehead atoms. The summed E-state index contributed by atoms with van der Waals surface area (Å²) in [7, 11) is -1.56. The first-order valence-electron chi connectivity index (χ1n) is 6.50. The molecule has 0 aromatic rings. The van der Waals surface area contributed by atoms with Crippen molar-refractivity contribution in [1.29, 1.82) is 0 Å². The van der Waals surface area contributed by atoms with Gasteiger partial charge in [-0.15, -0.1) is 0 Å². The van der Waals surface area contributed by atoms with Gasteiger partial charge in [-0.05, 0) is 47.1 Å². The minimum absolute atomic E-state index is 0.188. The van der Waals surface area contributed by atoms with Crippen LogP contribution in [0.1, 0.15) is 48.5 Å². The summed E-state index contributed by atoms with van der Waals surface area (Å²) in [5.74, 6) is 1.51. The van der Waals surface area contributed by atoms with E-state index in [4.69, 9.17) is 0 Å². The zero-order valence-corrected chi connectivity index (χ0v) is 14.0. The average molecular weight is 250 g/mol. The molecule has 0 aliphatic heterocycles. The van der Waals surface area contributed by atoms with Crippen LogP contribution in [0, 0.1) is 5.92 Å². The summed E-state index contributed by atoms with van der Waals surface area (Å²) >= 11 is 0. The third-order valence-electron chi connectivity index (χ3n) is 3.75. The molecular formula is C15H28NSi. The Morgan fingerprint density at radius 2 is 1.29 bits per heavy atom. The summed E-state index contributed by atoms with van der Waals surface area (Å²) in [6, 6.07) is 0. The average Bonchev–Trinajstić information content (AvgIpc) is 2.27. The van der Waals surface area contributed by atoms with Gasteiger partial charge in [0.1, 0.15) is 8.24 Å². The van der Waals surface area contributed by atoms with Gasteiger partial charge in [0.2, 0.25) is 0 Å². The van der Waals surface area contributed by atoms with Gasteiger partial charge >= 0.3 is 0 Å². The van der Waals surface area contributed by atoms with Crippen LogP contribution in [0.3, 0.4) is 0 Å². The summed E-state index contributed by atoms with van der Waals surface area (Å²) in [5, 5.41) is 1.61. The van der Waals surface area contributed by atoms with Crippen molar-refractivity contribution in [1.82, 2.24) is 4.98 Å². The highest BCUT2D eigenvalue weighted by Crippen LogP contribution is 2.42. The third-order valence-corrected chi connectivity index (χ3v) is 7.12.